The lowest BCUT2D eigenvalue weighted by molar-refractivity contribution is -0.385. The maximum atomic E-state index is 12.1. The van der Waals surface area contributed by atoms with E-state index in [1.165, 1.54) is 42.5 Å². The van der Waals surface area contributed by atoms with Crippen LogP contribution in [0.15, 0.2) is 59.2 Å². The number of hydrogen-bond acceptors (Lipinski definition) is 9. The second-order valence-electron chi connectivity index (χ2n) is 9.11. The average molecular weight is 518 g/mol. The molecule has 1 aromatic heterocycles. The number of thiazole rings is 1. The number of benzene rings is 2. The van der Waals surface area contributed by atoms with Crippen molar-refractivity contribution in [1.29, 1.82) is 0 Å². The van der Waals surface area contributed by atoms with Crippen LogP contribution in [0.2, 0.25) is 0 Å². The Kier molecular flexibility index (Phi) is 6.38. The van der Waals surface area contributed by atoms with Crippen molar-refractivity contribution >= 4 is 45.4 Å². The summed E-state index contributed by atoms with van der Waals surface area (Å²) in [7, 11) is 0. The van der Waals surface area contributed by atoms with Crippen LogP contribution in [0.4, 0.5) is 16.5 Å². The first-order valence-corrected chi connectivity index (χ1v) is 12.6. The van der Waals surface area contributed by atoms with Gasteiger partial charge in [0.25, 0.3) is 11.4 Å². The van der Waals surface area contributed by atoms with Gasteiger partial charge in [-0.15, -0.1) is 0 Å². The first-order chi connectivity index (χ1) is 17.7. The van der Waals surface area contributed by atoms with E-state index >= 15 is 0 Å². The molecule has 5 rings (SSSR count). The zero-order valence-corrected chi connectivity index (χ0v) is 21.0. The Bertz CT molecular complexity index is 1460. The van der Waals surface area contributed by atoms with Gasteiger partial charge in [0.1, 0.15) is 0 Å². The molecule has 2 atom stereocenters. The zero-order valence-electron chi connectivity index (χ0n) is 20.2. The number of fused-ring (bicyclic) bond motifs is 1. The summed E-state index contributed by atoms with van der Waals surface area (Å²) in [6, 6.07) is 12.7. The van der Waals surface area contributed by atoms with Gasteiger partial charge in [-0.05, 0) is 61.1 Å². The lowest BCUT2D eigenvalue weighted by Gasteiger charge is -2.29. The number of Topliss-reactive ketones (excluding diaryl/α,β-unsaturated/α-hetero) is 1. The summed E-state index contributed by atoms with van der Waals surface area (Å²) in [6.07, 6.45) is 4.62. The highest BCUT2D eigenvalue weighted by molar-refractivity contribution is 7.17. The van der Waals surface area contributed by atoms with Crippen molar-refractivity contribution in [1.82, 2.24) is 4.98 Å². The van der Waals surface area contributed by atoms with Crippen molar-refractivity contribution in [2.75, 3.05) is 5.01 Å². The summed E-state index contributed by atoms with van der Waals surface area (Å²) in [5.41, 5.74) is 4.37. The fourth-order valence-electron chi connectivity index (χ4n) is 4.98. The molecule has 1 aliphatic heterocycles. The Morgan fingerprint density at radius 3 is 2.24 bits per heavy atom. The topological polar surface area (TPSA) is 132 Å². The van der Waals surface area contributed by atoms with E-state index in [1.54, 1.807) is 31.2 Å². The predicted molar refractivity (Wildman–Crippen MR) is 141 cm³/mol. The number of nitrogens with zero attached hydrogens (tertiary/aromatic N) is 5. The molecule has 0 amide bonds. The van der Waals surface area contributed by atoms with Crippen LogP contribution in [0, 0.1) is 33.1 Å². The summed E-state index contributed by atoms with van der Waals surface area (Å²) in [4.78, 5) is 38.7. The largest absolute Gasteiger partial charge is 0.294 e. The predicted octanol–water partition coefficient (Wildman–Crippen LogP) is 6.27. The fourth-order valence-corrected chi connectivity index (χ4v) is 5.93. The zero-order chi connectivity index (χ0) is 26.3. The quantitative estimate of drug-likeness (QED) is 0.214. The molecule has 0 unspecified atom stereocenters. The first kappa shape index (κ1) is 24.4. The van der Waals surface area contributed by atoms with Gasteiger partial charge in [-0.3, -0.25) is 25.0 Å². The number of rotatable bonds is 6. The molecule has 2 aromatic carbocycles. The van der Waals surface area contributed by atoms with Crippen LogP contribution in [0.5, 0.6) is 0 Å². The van der Waals surface area contributed by atoms with Gasteiger partial charge in [0.2, 0.25) is 5.13 Å². The van der Waals surface area contributed by atoms with Gasteiger partial charge >= 0.3 is 0 Å². The Hall–Kier alpha value is -4.25. The summed E-state index contributed by atoms with van der Waals surface area (Å²) in [6.45, 7) is 3.31. The number of non-ortho nitro benzene ring substituents is 2. The van der Waals surface area contributed by atoms with Crippen LogP contribution in [-0.4, -0.2) is 26.3 Å². The van der Waals surface area contributed by atoms with E-state index in [0.29, 0.717) is 15.7 Å². The molecule has 0 saturated heterocycles. The van der Waals surface area contributed by atoms with Gasteiger partial charge in [0.15, 0.2) is 5.78 Å². The monoisotopic (exact) mass is 517 g/mol. The van der Waals surface area contributed by atoms with E-state index in [1.807, 2.05) is 11.1 Å². The van der Waals surface area contributed by atoms with Gasteiger partial charge in [-0.25, -0.2) is 9.99 Å². The number of aryl methyl sites for hydroxylation is 1. The summed E-state index contributed by atoms with van der Waals surface area (Å²) < 4.78 is 0. The maximum Gasteiger partial charge on any atom is 0.269 e. The van der Waals surface area contributed by atoms with E-state index in [9.17, 15) is 25.0 Å². The lowest BCUT2D eigenvalue weighted by atomic mass is 9.77. The van der Waals surface area contributed by atoms with Crippen LogP contribution in [0.3, 0.4) is 0 Å². The third kappa shape index (κ3) is 4.65. The standard InChI is InChI=1S/C26H23N5O5S/c1-15-25(16(2)32)37-26(27-15)29-24(18-8-12-21(13-9-18)31(35)36)22-5-3-4-19(23(22)28-29)14-17-6-10-20(11-7-17)30(33)34/h6-14,22,24H,3-5H2,1-2H3/b19-14-/t22-,24+/m0/s1. The number of nitro groups is 2. The number of anilines is 1. The van der Waals surface area contributed by atoms with Gasteiger partial charge < -0.3 is 0 Å². The molecular weight excluding hydrogens is 494 g/mol. The summed E-state index contributed by atoms with van der Waals surface area (Å²) >= 11 is 1.29. The number of allylic oxidation sites excluding steroid dienone is 1. The molecule has 11 heteroatoms. The molecule has 10 nitrogen and oxygen atoms in total. The average Bonchev–Trinajstić information content (AvgIpc) is 3.46. The summed E-state index contributed by atoms with van der Waals surface area (Å²) in [5.74, 6) is -0.0411. The van der Waals surface area contributed by atoms with Crippen molar-refractivity contribution in [3.63, 3.8) is 0 Å². The fraction of sp³-hybridized carbons (Fsp3) is 0.269. The van der Waals surface area contributed by atoms with E-state index in [0.717, 1.165) is 41.7 Å². The van der Waals surface area contributed by atoms with Crippen LogP contribution >= 0.6 is 11.3 Å². The minimum Gasteiger partial charge on any atom is -0.294 e. The Morgan fingerprint density at radius 1 is 1.05 bits per heavy atom. The first-order valence-electron chi connectivity index (χ1n) is 11.8. The van der Waals surface area contributed by atoms with Gasteiger partial charge in [-0.1, -0.05) is 23.5 Å². The molecule has 37 heavy (non-hydrogen) atoms. The van der Waals surface area contributed by atoms with Crippen LogP contribution in [0.1, 0.15) is 58.7 Å². The van der Waals surface area contributed by atoms with Crippen molar-refractivity contribution in [2.45, 2.75) is 39.2 Å². The van der Waals surface area contributed by atoms with E-state index in [-0.39, 0.29) is 29.1 Å². The number of carbonyl (C=O) groups excluding carboxylic acids is 1. The van der Waals surface area contributed by atoms with Gasteiger partial charge in [0, 0.05) is 37.1 Å². The van der Waals surface area contributed by atoms with Crippen molar-refractivity contribution in [3.8, 4) is 0 Å². The van der Waals surface area contributed by atoms with Crippen molar-refractivity contribution < 1.29 is 14.6 Å². The lowest BCUT2D eigenvalue weighted by Crippen LogP contribution is -2.28. The highest BCUT2D eigenvalue weighted by Gasteiger charge is 2.43. The molecule has 1 aliphatic carbocycles. The molecule has 1 fully saturated rings. The molecule has 0 bridgehead atoms. The van der Waals surface area contributed by atoms with E-state index in [4.69, 9.17) is 5.10 Å². The Balaban J connectivity index is 1.58. The molecule has 188 valence electrons. The number of carbonyl (C=O) groups is 1. The third-order valence-corrected chi connectivity index (χ3v) is 7.94. The SMILES string of the molecule is CC(=O)c1sc(N2N=C3/C(=C\c4ccc([N+](=O)[O-])cc4)CCC[C@@H]3[C@H]2c2ccc([N+](=O)[O-])cc2)nc1C. The number of hydrogen-bond donors (Lipinski definition) is 0. The van der Waals surface area contributed by atoms with Crippen LogP contribution < -0.4 is 5.01 Å². The third-order valence-electron chi connectivity index (χ3n) is 6.69. The number of nitro benzene ring substituents is 2. The molecule has 1 saturated carbocycles. The molecule has 0 spiro atoms. The smallest absolute Gasteiger partial charge is 0.269 e. The highest BCUT2D eigenvalue weighted by atomic mass is 32.1. The normalized spacial score (nSPS) is 20.0. The van der Waals surface area contributed by atoms with Crippen LogP contribution in [0.25, 0.3) is 6.08 Å². The van der Waals surface area contributed by atoms with E-state index in [2.05, 4.69) is 4.98 Å². The highest BCUT2D eigenvalue weighted by Crippen LogP contribution is 2.47. The van der Waals surface area contributed by atoms with Crippen molar-refractivity contribution in [2.24, 2.45) is 11.0 Å². The van der Waals surface area contributed by atoms with Crippen LogP contribution in [-0.2, 0) is 0 Å². The maximum absolute atomic E-state index is 12.1. The molecule has 0 radical (unpaired) electrons. The number of hydrazone groups is 1. The molecule has 3 aromatic rings. The molecule has 2 heterocycles. The van der Waals surface area contributed by atoms with Gasteiger partial charge in [-0.2, -0.15) is 5.10 Å². The second-order valence-corrected chi connectivity index (χ2v) is 10.1. The molecule has 0 N–H and O–H groups in total. The number of aromatic nitrogens is 1. The van der Waals surface area contributed by atoms with Crippen molar-refractivity contribution in [3.05, 3.63) is 96.0 Å². The summed E-state index contributed by atoms with van der Waals surface area (Å²) in [5, 5.41) is 29.7. The molecule has 2 aliphatic rings. The minimum atomic E-state index is -0.424. The Labute approximate surface area is 216 Å². The Morgan fingerprint density at radius 2 is 1.68 bits per heavy atom. The second kappa shape index (κ2) is 9.66. The minimum absolute atomic E-state index is 0.0146. The molecular formula is C26H23N5O5S. The number of ketones is 1. The van der Waals surface area contributed by atoms with E-state index < -0.39 is 9.85 Å². The van der Waals surface area contributed by atoms with Gasteiger partial charge in [0.05, 0.1) is 32.2 Å².